The Hall–Kier alpha value is -1.62. The molecule has 1 aromatic rings. The average Bonchev–Trinajstić information content (AvgIpc) is 2.38. The molecular formula is C12H16ClN3O2. The van der Waals surface area contributed by atoms with Crippen LogP contribution in [0.1, 0.15) is 24.2 Å². The maximum absolute atomic E-state index is 11.8. The van der Waals surface area contributed by atoms with Crippen molar-refractivity contribution in [3.63, 3.8) is 0 Å². The molecule has 0 aliphatic rings. The Morgan fingerprint density at radius 3 is 2.61 bits per heavy atom. The largest absolute Gasteiger partial charge is 0.343 e. The summed E-state index contributed by atoms with van der Waals surface area (Å²) < 4.78 is 0. The topological polar surface area (TPSA) is 62.3 Å². The second kappa shape index (κ2) is 6.96. The van der Waals surface area contributed by atoms with Crippen LogP contribution in [0.2, 0.25) is 5.15 Å². The number of hydrogen-bond acceptors (Lipinski definition) is 3. The van der Waals surface area contributed by atoms with E-state index >= 15 is 0 Å². The van der Waals surface area contributed by atoms with E-state index in [9.17, 15) is 9.59 Å². The molecule has 0 aliphatic carbocycles. The van der Waals surface area contributed by atoms with Gasteiger partial charge in [0.25, 0.3) is 5.91 Å². The molecule has 1 rings (SSSR count). The van der Waals surface area contributed by atoms with E-state index in [1.165, 1.54) is 6.20 Å². The van der Waals surface area contributed by atoms with Crippen LogP contribution in [-0.4, -0.2) is 41.3 Å². The summed E-state index contributed by atoms with van der Waals surface area (Å²) in [6.45, 7) is 4.99. The molecule has 18 heavy (non-hydrogen) atoms. The Bertz CT molecular complexity index is 433. The average molecular weight is 270 g/mol. The van der Waals surface area contributed by atoms with Crippen molar-refractivity contribution in [2.75, 3.05) is 19.6 Å². The smallest absolute Gasteiger partial charge is 0.254 e. The highest BCUT2D eigenvalue weighted by Crippen LogP contribution is 2.10. The van der Waals surface area contributed by atoms with Crippen LogP contribution in [0.15, 0.2) is 18.3 Å². The van der Waals surface area contributed by atoms with Crippen molar-refractivity contribution in [1.29, 1.82) is 0 Å². The van der Waals surface area contributed by atoms with E-state index in [4.69, 9.17) is 11.6 Å². The third-order valence-electron chi connectivity index (χ3n) is 2.52. The third kappa shape index (κ3) is 3.70. The van der Waals surface area contributed by atoms with Crippen LogP contribution in [0.25, 0.3) is 0 Å². The Morgan fingerprint density at radius 1 is 1.39 bits per heavy atom. The van der Waals surface area contributed by atoms with Gasteiger partial charge in [0, 0.05) is 19.3 Å². The van der Waals surface area contributed by atoms with Crippen molar-refractivity contribution in [2.45, 2.75) is 13.8 Å². The van der Waals surface area contributed by atoms with Crippen LogP contribution < -0.4 is 5.32 Å². The lowest BCUT2D eigenvalue weighted by Crippen LogP contribution is -2.40. The zero-order valence-corrected chi connectivity index (χ0v) is 11.2. The summed E-state index contributed by atoms with van der Waals surface area (Å²) in [5.74, 6) is -0.512. The molecule has 0 unspecified atom stereocenters. The van der Waals surface area contributed by atoms with Gasteiger partial charge in [-0.05, 0) is 26.0 Å². The fourth-order valence-electron chi connectivity index (χ4n) is 1.49. The molecule has 0 fully saturated rings. The number of likely N-dealkylation sites (N-methyl/N-ethyl adjacent to an activating group) is 1. The number of carbonyl (C=O) groups is 2. The maximum Gasteiger partial charge on any atom is 0.254 e. The van der Waals surface area contributed by atoms with Crippen molar-refractivity contribution < 1.29 is 9.59 Å². The first kappa shape index (κ1) is 14.4. The van der Waals surface area contributed by atoms with E-state index in [2.05, 4.69) is 10.3 Å². The zero-order valence-electron chi connectivity index (χ0n) is 10.4. The highest BCUT2D eigenvalue weighted by Gasteiger charge is 2.14. The lowest BCUT2D eigenvalue weighted by atomic mass is 10.2. The number of hydrogen-bond donors (Lipinski definition) is 1. The van der Waals surface area contributed by atoms with Crippen molar-refractivity contribution >= 4 is 23.4 Å². The Kier molecular flexibility index (Phi) is 5.58. The summed E-state index contributed by atoms with van der Waals surface area (Å²) in [4.78, 5) is 28.9. The van der Waals surface area contributed by atoms with Crippen LogP contribution in [0.3, 0.4) is 0 Å². The minimum atomic E-state index is -0.395. The SMILES string of the molecule is CCN(CC)C(=O)CNC(=O)c1cccnc1Cl. The summed E-state index contributed by atoms with van der Waals surface area (Å²) in [5, 5.41) is 2.66. The van der Waals surface area contributed by atoms with Crippen LogP contribution in [0.4, 0.5) is 0 Å². The summed E-state index contributed by atoms with van der Waals surface area (Å²) in [5.41, 5.74) is 0.270. The Morgan fingerprint density at radius 2 is 2.06 bits per heavy atom. The number of pyridine rings is 1. The molecule has 2 amide bonds. The van der Waals surface area contributed by atoms with Gasteiger partial charge in [0.2, 0.25) is 5.91 Å². The van der Waals surface area contributed by atoms with Gasteiger partial charge in [-0.25, -0.2) is 4.98 Å². The monoisotopic (exact) mass is 269 g/mol. The minimum Gasteiger partial charge on any atom is -0.343 e. The first-order chi connectivity index (χ1) is 8.60. The number of carbonyl (C=O) groups excluding carboxylic acids is 2. The molecule has 1 heterocycles. The molecule has 0 atom stereocenters. The van der Waals surface area contributed by atoms with E-state index in [1.54, 1.807) is 17.0 Å². The minimum absolute atomic E-state index is 0.0360. The molecule has 0 bridgehead atoms. The van der Waals surface area contributed by atoms with Gasteiger partial charge in [-0.15, -0.1) is 0 Å². The van der Waals surface area contributed by atoms with E-state index < -0.39 is 5.91 Å². The second-order valence-electron chi connectivity index (χ2n) is 3.59. The lowest BCUT2D eigenvalue weighted by Gasteiger charge is -2.18. The van der Waals surface area contributed by atoms with Crippen LogP contribution in [-0.2, 0) is 4.79 Å². The van der Waals surface area contributed by atoms with E-state index in [0.717, 1.165) is 0 Å². The second-order valence-corrected chi connectivity index (χ2v) is 3.95. The summed E-state index contributed by atoms with van der Waals surface area (Å²) >= 11 is 5.78. The Balaban J connectivity index is 2.57. The molecule has 0 aliphatic heterocycles. The highest BCUT2D eigenvalue weighted by molar-refractivity contribution is 6.32. The van der Waals surface area contributed by atoms with Crippen molar-refractivity contribution in [1.82, 2.24) is 15.2 Å². The van der Waals surface area contributed by atoms with Gasteiger partial charge in [-0.2, -0.15) is 0 Å². The summed E-state index contributed by atoms with van der Waals surface area (Å²) in [6.07, 6.45) is 1.50. The fourth-order valence-corrected chi connectivity index (χ4v) is 1.70. The Labute approximate surface area is 111 Å². The van der Waals surface area contributed by atoms with Crippen molar-refractivity contribution in [3.05, 3.63) is 29.0 Å². The van der Waals surface area contributed by atoms with E-state index in [0.29, 0.717) is 13.1 Å². The maximum atomic E-state index is 11.8. The lowest BCUT2D eigenvalue weighted by molar-refractivity contribution is -0.129. The normalized spacial score (nSPS) is 9.94. The van der Waals surface area contributed by atoms with Gasteiger partial charge in [0.1, 0.15) is 5.15 Å². The van der Waals surface area contributed by atoms with Gasteiger partial charge in [-0.1, -0.05) is 11.6 Å². The quantitative estimate of drug-likeness (QED) is 0.821. The van der Waals surface area contributed by atoms with Crippen LogP contribution in [0, 0.1) is 0 Å². The molecule has 0 saturated carbocycles. The number of nitrogens with zero attached hydrogens (tertiary/aromatic N) is 2. The molecule has 0 spiro atoms. The van der Waals surface area contributed by atoms with Gasteiger partial charge < -0.3 is 10.2 Å². The van der Waals surface area contributed by atoms with Gasteiger partial charge in [0.05, 0.1) is 12.1 Å². The molecule has 6 heteroatoms. The standard InChI is InChI=1S/C12H16ClN3O2/c1-3-16(4-2)10(17)8-15-12(18)9-6-5-7-14-11(9)13/h5-7H,3-4,8H2,1-2H3,(H,15,18). The predicted octanol–water partition coefficient (Wildman–Crippen LogP) is 1.33. The molecule has 0 radical (unpaired) electrons. The first-order valence-electron chi connectivity index (χ1n) is 5.76. The number of aromatic nitrogens is 1. The fraction of sp³-hybridized carbons (Fsp3) is 0.417. The molecule has 98 valence electrons. The summed E-state index contributed by atoms with van der Waals surface area (Å²) in [7, 11) is 0. The van der Waals surface area contributed by atoms with Gasteiger partial charge in [0.15, 0.2) is 0 Å². The third-order valence-corrected chi connectivity index (χ3v) is 2.82. The molecule has 1 N–H and O–H groups in total. The van der Waals surface area contributed by atoms with Crippen molar-refractivity contribution in [3.8, 4) is 0 Å². The number of nitrogens with one attached hydrogen (secondary N) is 1. The number of halogens is 1. The molecule has 0 aromatic carbocycles. The predicted molar refractivity (Wildman–Crippen MR) is 69.5 cm³/mol. The molecular weight excluding hydrogens is 254 g/mol. The molecule has 5 nitrogen and oxygen atoms in total. The van der Waals surface area contributed by atoms with E-state index in [1.807, 2.05) is 13.8 Å². The van der Waals surface area contributed by atoms with Crippen LogP contribution in [0.5, 0.6) is 0 Å². The molecule has 0 saturated heterocycles. The van der Waals surface area contributed by atoms with E-state index in [-0.39, 0.29) is 23.2 Å². The number of rotatable bonds is 5. The molecule has 1 aromatic heterocycles. The highest BCUT2D eigenvalue weighted by atomic mass is 35.5. The first-order valence-corrected chi connectivity index (χ1v) is 6.14. The van der Waals surface area contributed by atoms with Gasteiger partial charge in [-0.3, -0.25) is 9.59 Å². The number of amides is 2. The van der Waals surface area contributed by atoms with Gasteiger partial charge >= 0.3 is 0 Å². The summed E-state index contributed by atoms with van der Waals surface area (Å²) in [6, 6.07) is 3.18. The van der Waals surface area contributed by atoms with Crippen LogP contribution >= 0.6 is 11.6 Å². The van der Waals surface area contributed by atoms with Crippen molar-refractivity contribution in [2.24, 2.45) is 0 Å². The zero-order chi connectivity index (χ0) is 13.5.